The highest BCUT2D eigenvalue weighted by molar-refractivity contribution is 6.32. The van der Waals surface area contributed by atoms with Crippen molar-refractivity contribution in [3.8, 4) is 5.69 Å². The third-order valence-electron chi connectivity index (χ3n) is 3.92. The molecule has 0 saturated carbocycles. The lowest BCUT2D eigenvalue weighted by Gasteiger charge is -2.13. The number of hydrogen-bond donors (Lipinski definition) is 0. The molecule has 6 heteroatoms. The van der Waals surface area contributed by atoms with Gasteiger partial charge in [0.15, 0.2) is 0 Å². The van der Waals surface area contributed by atoms with Gasteiger partial charge in [-0.3, -0.25) is 14.3 Å². The first-order valence-electron chi connectivity index (χ1n) is 7.31. The van der Waals surface area contributed by atoms with Crippen molar-refractivity contribution < 1.29 is 9.53 Å². The molecule has 2 aromatic heterocycles. The molecule has 2 heterocycles. The number of methoxy groups -OCH3 is 1. The smallest absolute Gasteiger partial charge is 0.340 e. The number of halogens is 1. The van der Waals surface area contributed by atoms with E-state index in [0.717, 1.165) is 0 Å². The molecule has 122 valence electrons. The Morgan fingerprint density at radius 3 is 2.54 bits per heavy atom. The van der Waals surface area contributed by atoms with E-state index in [1.807, 2.05) is 0 Å². The number of pyridine rings is 2. The first kappa shape index (κ1) is 16.2. The SMILES string of the molecule is COC(=O)c1c(C)nc(C)c2c(=O)n(-c3ccccc3Cl)ccc12. The standard InChI is InChI=1S/C18H15ClN2O3/c1-10-15-12(16(11(2)20-10)18(23)24-3)8-9-21(17(15)22)14-7-5-4-6-13(14)19/h4-9H,1-3H3. The molecule has 0 bridgehead atoms. The van der Waals surface area contributed by atoms with Gasteiger partial charge in [-0.2, -0.15) is 0 Å². The van der Waals surface area contributed by atoms with Crippen LogP contribution >= 0.6 is 11.6 Å². The maximum Gasteiger partial charge on any atom is 0.340 e. The summed E-state index contributed by atoms with van der Waals surface area (Å²) >= 11 is 6.20. The number of ether oxygens (including phenoxy) is 1. The Bertz CT molecular complexity index is 1020. The summed E-state index contributed by atoms with van der Waals surface area (Å²) in [5.74, 6) is -0.514. The van der Waals surface area contributed by atoms with Gasteiger partial charge in [-0.15, -0.1) is 0 Å². The average Bonchev–Trinajstić information content (AvgIpc) is 2.55. The molecular weight excluding hydrogens is 328 g/mol. The molecule has 0 saturated heterocycles. The van der Waals surface area contributed by atoms with Gasteiger partial charge in [-0.1, -0.05) is 23.7 Å². The van der Waals surface area contributed by atoms with E-state index >= 15 is 0 Å². The molecule has 5 nitrogen and oxygen atoms in total. The molecule has 24 heavy (non-hydrogen) atoms. The van der Waals surface area contributed by atoms with Crippen LogP contribution in [0.1, 0.15) is 21.7 Å². The highest BCUT2D eigenvalue weighted by Gasteiger charge is 2.20. The van der Waals surface area contributed by atoms with Crippen molar-refractivity contribution >= 4 is 28.3 Å². The Morgan fingerprint density at radius 1 is 1.17 bits per heavy atom. The molecule has 0 aliphatic heterocycles. The minimum absolute atomic E-state index is 0.282. The summed E-state index contributed by atoms with van der Waals surface area (Å²) in [4.78, 5) is 29.4. The number of aromatic nitrogens is 2. The van der Waals surface area contributed by atoms with Crippen LogP contribution in [0.25, 0.3) is 16.5 Å². The summed E-state index contributed by atoms with van der Waals surface area (Å²) in [5, 5.41) is 1.37. The lowest BCUT2D eigenvalue weighted by Crippen LogP contribution is -2.21. The average molecular weight is 343 g/mol. The van der Waals surface area contributed by atoms with Crippen molar-refractivity contribution in [1.82, 2.24) is 9.55 Å². The predicted molar refractivity (Wildman–Crippen MR) is 93.2 cm³/mol. The van der Waals surface area contributed by atoms with Crippen LogP contribution in [0.3, 0.4) is 0 Å². The largest absolute Gasteiger partial charge is 0.465 e. The molecule has 3 rings (SSSR count). The fourth-order valence-electron chi connectivity index (χ4n) is 2.85. The van der Waals surface area contributed by atoms with Gasteiger partial charge in [-0.25, -0.2) is 4.79 Å². The highest BCUT2D eigenvalue weighted by atomic mass is 35.5. The van der Waals surface area contributed by atoms with Crippen LogP contribution in [0.2, 0.25) is 5.02 Å². The minimum Gasteiger partial charge on any atom is -0.465 e. The van der Waals surface area contributed by atoms with E-state index < -0.39 is 5.97 Å². The number of fused-ring (bicyclic) bond motifs is 1. The maximum absolute atomic E-state index is 13.0. The van der Waals surface area contributed by atoms with Gasteiger partial charge >= 0.3 is 5.97 Å². The van der Waals surface area contributed by atoms with E-state index in [1.54, 1.807) is 50.4 Å². The number of esters is 1. The van der Waals surface area contributed by atoms with Crippen LogP contribution in [0.15, 0.2) is 41.3 Å². The fraction of sp³-hybridized carbons (Fsp3) is 0.167. The first-order chi connectivity index (χ1) is 11.5. The lowest BCUT2D eigenvalue weighted by atomic mass is 10.0. The molecule has 1 aromatic carbocycles. The predicted octanol–water partition coefficient (Wildman–Crippen LogP) is 3.44. The second-order valence-electron chi connectivity index (χ2n) is 5.38. The number of hydrogen-bond acceptors (Lipinski definition) is 4. The van der Waals surface area contributed by atoms with Gasteiger partial charge in [0.1, 0.15) is 0 Å². The van der Waals surface area contributed by atoms with Crippen molar-refractivity contribution in [1.29, 1.82) is 0 Å². The Hall–Kier alpha value is -2.66. The molecule has 0 aliphatic rings. The molecule has 0 amide bonds. The number of rotatable bonds is 2. The molecule has 0 aliphatic carbocycles. The van der Waals surface area contributed by atoms with Gasteiger partial charge in [0, 0.05) is 11.6 Å². The van der Waals surface area contributed by atoms with E-state index in [0.29, 0.717) is 38.4 Å². The number of aryl methyl sites for hydroxylation is 2. The summed E-state index contributed by atoms with van der Waals surface area (Å²) in [7, 11) is 1.30. The summed E-state index contributed by atoms with van der Waals surface area (Å²) in [6.45, 7) is 3.47. The second-order valence-corrected chi connectivity index (χ2v) is 5.79. The monoisotopic (exact) mass is 342 g/mol. The number of benzene rings is 1. The van der Waals surface area contributed by atoms with Crippen molar-refractivity contribution in [3.63, 3.8) is 0 Å². The van der Waals surface area contributed by atoms with E-state index in [9.17, 15) is 9.59 Å². The van der Waals surface area contributed by atoms with Gasteiger partial charge in [0.25, 0.3) is 5.56 Å². The Morgan fingerprint density at radius 2 is 1.88 bits per heavy atom. The first-order valence-corrected chi connectivity index (χ1v) is 7.69. The van der Waals surface area contributed by atoms with Crippen molar-refractivity contribution in [2.24, 2.45) is 0 Å². The van der Waals surface area contributed by atoms with Gasteiger partial charge < -0.3 is 4.74 Å². The van der Waals surface area contributed by atoms with Crippen LogP contribution in [0.5, 0.6) is 0 Å². The van der Waals surface area contributed by atoms with Crippen molar-refractivity contribution in [3.05, 3.63) is 68.9 Å². The van der Waals surface area contributed by atoms with Crippen LogP contribution in [0.4, 0.5) is 0 Å². The van der Waals surface area contributed by atoms with Crippen molar-refractivity contribution in [2.45, 2.75) is 13.8 Å². The third-order valence-corrected chi connectivity index (χ3v) is 4.24. The van der Waals surface area contributed by atoms with Crippen molar-refractivity contribution in [2.75, 3.05) is 7.11 Å². The van der Waals surface area contributed by atoms with Gasteiger partial charge in [-0.05, 0) is 32.0 Å². The van der Waals surface area contributed by atoms with Crippen LogP contribution in [0, 0.1) is 13.8 Å². The minimum atomic E-state index is -0.514. The third kappa shape index (κ3) is 2.47. The zero-order valence-corrected chi connectivity index (χ0v) is 14.2. The zero-order valence-electron chi connectivity index (χ0n) is 13.5. The number of carbonyl (C=O) groups excluding carboxylic acids is 1. The van der Waals surface area contributed by atoms with E-state index in [4.69, 9.17) is 16.3 Å². The summed E-state index contributed by atoms with van der Waals surface area (Å²) in [6, 6.07) is 8.79. The van der Waals surface area contributed by atoms with Crippen LogP contribution < -0.4 is 5.56 Å². The number of carbonyl (C=O) groups is 1. The Labute approximate surface area is 143 Å². The quantitative estimate of drug-likeness (QED) is 0.669. The summed E-state index contributed by atoms with van der Waals surface area (Å²) in [5.41, 5.74) is 1.69. The molecule has 0 atom stereocenters. The Kier molecular flexibility index (Phi) is 4.11. The normalized spacial score (nSPS) is 10.8. The topological polar surface area (TPSA) is 61.2 Å². The highest BCUT2D eigenvalue weighted by Crippen LogP contribution is 2.24. The van der Waals surface area contributed by atoms with Gasteiger partial charge in [0.2, 0.25) is 0 Å². The number of nitrogens with zero attached hydrogens (tertiary/aromatic N) is 2. The lowest BCUT2D eigenvalue weighted by molar-refractivity contribution is 0.0601. The summed E-state index contributed by atoms with van der Waals surface area (Å²) < 4.78 is 6.28. The van der Waals surface area contributed by atoms with E-state index in [2.05, 4.69) is 4.98 Å². The fourth-order valence-corrected chi connectivity index (χ4v) is 3.08. The molecule has 3 aromatic rings. The molecule has 0 radical (unpaired) electrons. The van der Waals surface area contributed by atoms with E-state index in [1.165, 1.54) is 11.7 Å². The molecule has 0 spiro atoms. The molecule has 0 unspecified atom stereocenters. The Balaban J connectivity index is 2.41. The molecule has 0 fully saturated rings. The maximum atomic E-state index is 13.0. The van der Waals surface area contributed by atoms with Gasteiger partial charge in [0.05, 0.1) is 40.2 Å². The molecular formula is C18H15ClN2O3. The molecule has 0 N–H and O–H groups in total. The van der Waals surface area contributed by atoms with E-state index in [-0.39, 0.29) is 5.56 Å². The second kappa shape index (κ2) is 6.09. The van der Waals surface area contributed by atoms with Crippen LogP contribution in [-0.4, -0.2) is 22.6 Å². The summed E-state index contributed by atoms with van der Waals surface area (Å²) in [6.07, 6.45) is 1.61. The number of para-hydroxylation sites is 1. The zero-order chi connectivity index (χ0) is 17.4. The van der Waals surface area contributed by atoms with Crippen LogP contribution in [-0.2, 0) is 4.74 Å².